The zero-order valence-corrected chi connectivity index (χ0v) is 11.8. The molecule has 0 saturated carbocycles. The number of nitrogens with two attached hydrogens (primary N) is 1. The Kier molecular flexibility index (Phi) is 4.62. The van der Waals surface area contributed by atoms with Gasteiger partial charge >= 0.3 is 6.09 Å². The predicted molar refractivity (Wildman–Crippen MR) is 76.0 cm³/mol. The molecule has 0 spiro atoms. The zero-order chi connectivity index (χ0) is 14.6. The second-order valence-corrected chi connectivity index (χ2v) is 5.56. The third-order valence-corrected chi connectivity index (χ3v) is 3.84. The fourth-order valence-electron chi connectivity index (χ4n) is 2.58. The van der Waals surface area contributed by atoms with E-state index in [2.05, 4.69) is 0 Å². The summed E-state index contributed by atoms with van der Waals surface area (Å²) in [6.45, 7) is 2.67. The molecule has 2 unspecified atom stereocenters. The van der Waals surface area contributed by atoms with E-state index < -0.39 is 5.54 Å². The maximum Gasteiger partial charge on any atom is 0.410 e. The van der Waals surface area contributed by atoms with Crippen LogP contribution in [0.4, 0.5) is 4.79 Å². The van der Waals surface area contributed by atoms with Crippen molar-refractivity contribution in [3.63, 3.8) is 0 Å². The molecular formula is C15H22N2O3. The van der Waals surface area contributed by atoms with Gasteiger partial charge in [-0.1, -0.05) is 30.3 Å². The van der Waals surface area contributed by atoms with E-state index >= 15 is 0 Å². The number of aliphatic hydroxyl groups excluding tert-OH is 1. The average Bonchev–Trinajstić information content (AvgIpc) is 2.46. The molecule has 3 N–H and O–H groups in total. The van der Waals surface area contributed by atoms with Crippen LogP contribution in [0.5, 0.6) is 0 Å². The molecule has 0 aliphatic carbocycles. The Morgan fingerprint density at radius 1 is 1.50 bits per heavy atom. The van der Waals surface area contributed by atoms with Crippen molar-refractivity contribution in [2.24, 2.45) is 5.73 Å². The Bertz CT molecular complexity index is 452. The first-order chi connectivity index (χ1) is 9.54. The number of hydrogen-bond donors (Lipinski definition) is 2. The third-order valence-electron chi connectivity index (χ3n) is 3.84. The van der Waals surface area contributed by atoms with Crippen molar-refractivity contribution in [2.75, 3.05) is 13.2 Å². The number of piperidine rings is 1. The topological polar surface area (TPSA) is 75.8 Å². The average molecular weight is 278 g/mol. The number of likely N-dealkylation sites (tertiary alicyclic amines) is 1. The van der Waals surface area contributed by atoms with Crippen molar-refractivity contribution in [3.8, 4) is 0 Å². The van der Waals surface area contributed by atoms with Crippen molar-refractivity contribution < 1.29 is 14.6 Å². The number of amides is 1. The number of rotatable bonds is 3. The Morgan fingerprint density at radius 2 is 2.20 bits per heavy atom. The zero-order valence-electron chi connectivity index (χ0n) is 11.8. The van der Waals surface area contributed by atoms with Gasteiger partial charge in [0.2, 0.25) is 0 Å². The molecule has 1 aromatic carbocycles. The molecule has 2 atom stereocenters. The summed E-state index contributed by atoms with van der Waals surface area (Å²) in [5.74, 6) is 0. The van der Waals surface area contributed by atoms with Crippen LogP contribution in [-0.2, 0) is 11.3 Å². The highest BCUT2D eigenvalue weighted by molar-refractivity contribution is 5.68. The summed E-state index contributed by atoms with van der Waals surface area (Å²) >= 11 is 0. The Labute approximate surface area is 119 Å². The van der Waals surface area contributed by atoms with Crippen LogP contribution in [0, 0.1) is 0 Å². The Balaban J connectivity index is 1.87. The van der Waals surface area contributed by atoms with E-state index in [9.17, 15) is 9.90 Å². The summed E-state index contributed by atoms with van der Waals surface area (Å²) < 4.78 is 5.32. The van der Waals surface area contributed by atoms with Gasteiger partial charge in [0.1, 0.15) is 6.61 Å². The molecule has 1 amide bonds. The van der Waals surface area contributed by atoms with Gasteiger partial charge in [0, 0.05) is 18.1 Å². The van der Waals surface area contributed by atoms with E-state index in [1.165, 1.54) is 0 Å². The van der Waals surface area contributed by atoms with Crippen molar-refractivity contribution >= 4 is 6.09 Å². The molecule has 5 heteroatoms. The molecule has 0 radical (unpaired) electrons. The molecule has 2 rings (SSSR count). The van der Waals surface area contributed by atoms with E-state index in [1.807, 2.05) is 37.3 Å². The fourth-order valence-corrected chi connectivity index (χ4v) is 2.58. The quantitative estimate of drug-likeness (QED) is 0.878. The molecular weight excluding hydrogens is 256 g/mol. The van der Waals surface area contributed by atoms with E-state index in [-0.39, 0.29) is 25.3 Å². The largest absolute Gasteiger partial charge is 0.445 e. The van der Waals surface area contributed by atoms with Crippen LogP contribution >= 0.6 is 0 Å². The monoisotopic (exact) mass is 278 g/mol. The summed E-state index contributed by atoms with van der Waals surface area (Å²) in [6, 6.07) is 9.57. The summed E-state index contributed by atoms with van der Waals surface area (Å²) in [7, 11) is 0. The first-order valence-electron chi connectivity index (χ1n) is 6.91. The molecule has 0 bridgehead atoms. The molecule has 110 valence electrons. The van der Waals surface area contributed by atoms with Crippen LogP contribution in [0.15, 0.2) is 30.3 Å². The second kappa shape index (κ2) is 6.24. The lowest BCUT2D eigenvalue weighted by atomic mass is 9.85. The summed E-state index contributed by atoms with van der Waals surface area (Å²) in [4.78, 5) is 13.8. The maximum absolute atomic E-state index is 12.1. The molecule has 1 aliphatic heterocycles. The standard InChI is InChI=1S/C15H22N2O3/c1-12-9-15(16,11-18)7-8-17(12)14(19)20-10-13-5-3-2-4-6-13/h2-6,12,18H,7-11,16H2,1H3. The van der Waals surface area contributed by atoms with Crippen molar-refractivity contribution in [1.82, 2.24) is 4.90 Å². The van der Waals surface area contributed by atoms with Crippen LogP contribution in [-0.4, -0.2) is 40.8 Å². The summed E-state index contributed by atoms with van der Waals surface area (Å²) in [6.07, 6.45) is 0.861. The third kappa shape index (κ3) is 3.49. The van der Waals surface area contributed by atoms with Gasteiger partial charge in [-0.15, -0.1) is 0 Å². The molecule has 1 fully saturated rings. The number of nitrogens with zero attached hydrogens (tertiary/aromatic N) is 1. The van der Waals surface area contributed by atoms with E-state index in [0.29, 0.717) is 19.4 Å². The molecule has 1 aliphatic rings. The van der Waals surface area contributed by atoms with Gasteiger partial charge in [-0.2, -0.15) is 0 Å². The molecule has 20 heavy (non-hydrogen) atoms. The van der Waals surface area contributed by atoms with Crippen LogP contribution in [0.3, 0.4) is 0 Å². The van der Waals surface area contributed by atoms with Crippen molar-refractivity contribution in [3.05, 3.63) is 35.9 Å². The van der Waals surface area contributed by atoms with E-state index in [4.69, 9.17) is 10.5 Å². The van der Waals surface area contributed by atoms with Crippen LogP contribution in [0.25, 0.3) is 0 Å². The van der Waals surface area contributed by atoms with Gasteiger partial charge in [-0.3, -0.25) is 0 Å². The highest BCUT2D eigenvalue weighted by Crippen LogP contribution is 2.25. The minimum Gasteiger partial charge on any atom is -0.445 e. The van der Waals surface area contributed by atoms with Gasteiger partial charge in [-0.25, -0.2) is 4.79 Å². The van der Waals surface area contributed by atoms with Crippen LogP contribution < -0.4 is 5.73 Å². The molecule has 1 aromatic rings. The minimum absolute atomic E-state index is 0.0239. The number of aliphatic hydroxyl groups is 1. The smallest absolute Gasteiger partial charge is 0.410 e. The van der Waals surface area contributed by atoms with E-state index in [0.717, 1.165) is 5.56 Å². The highest BCUT2D eigenvalue weighted by atomic mass is 16.6. The lowest BCUT2D eigenvalue weighted by molar-refractivity contribution is 0.0424. The lowest BCUT2D eigenvalue weighted by Gasteiger charge is -2.41. The van der Waals surface area contributed by atoms with Gasteiger partial charge in [0.25, 0.3) is 0 Å². The first kappa shape index (κ1) is 14.8. The number of ether oxygens (including phenoxy) is 1. The number of carbonyl (C=O) groups excluding carboxylic acids is 1. The van der Waals surface area contributed by atoms with E-state index in [1.54, 1.807) is 4.90 Å². The Hall–Kier alpha value is -1.59. The van der Waals surface area contributed by atoms with Crippen molar-refractivity contribution in [1.29, 1.82) is 0 Å². The first-order valence-corrected chi connectivity index (χ1v) is 6.91. The highest BCUT2D eigenvalue weighted by Gasteiger charge is 2.37. The van der Waals surface area contributed by atoms with Gasteiger partial charge < -0.3 is 20.5 Å². The molecule has 1 heterocycles. The second-order valence-electron chi connectivity index (χ2n) is 5.56. The summed E-state index contributed by atoms with van der Waals surface area (Å²) in [5, 5.41) is 9.29. The maximum atomic E-state index is 12.1. The summed E-state index contributed by atoms with van der Waals surface area (Å²) in [5.41, 5.74) is 6.44. The normalized spacial score (nSPS) is 26.4. The van der Waals surface area contributed by atoms with Crippen LogP contribution in [0.2, 0.25) is 0 Å². The number of carbonyl (C=O) groups is 1. The fraction of sp³-hybridized carbons (Fsp3) is 0.533. The minimum atomic E-state index is -0.574. The number of hydrogen-bond acceptors (Lipinski definition) is 4. The Morgan fingerprint density at radius 3 is 2.80 bits per heavy atom. The van der Waals surface area contributed by atoms with Crippen LogP contribution in [0.1, 0.15) is 25.3 Å². The van der Waals surface area contributed by atoms with Gasteiger partial charge in [-0.05, 0) is 25.3 Å². The SMILES string of the molecule is CC1CC(N)(CO)CCN1C(=O)OCc1ccccc1. The predicted octanol–water partition coefficient (Wildman–Crippen LogP) is 1.50. The lowest BCUT2D eigenvalue weighted by Crippen LogP contribution is -2.57. The molecule has 0 aromatic heterocycles. The molecule has 1 saturated heterocycles. The van der Waals surface area contributed by atoms with Gasteiger partial charge in [0.15, 0.2) is 0 Å². The van der Waals surface area contributed by atoms with Crippen molar-refractivity contribution in [2.45, 2.75) is 38.0 Å². The molecule has 5 nitrogen and oxygen atoms in total. The number of benzene rings is 1. The van der Waals surface area contributed by atoms with Gasteiger partial charge in [0.05, 0.1) is 6.61 Å².